The Morgan fingerprint density at radius 3 is 2.58 bits per heavy atom. The van der Waals surface area contributed by atoms with Crippen LogP contribution < -0.4 is 0 Å². The van der Waals surface area contributed by atoms with Crippen LogP contribution in [0.4, 0.5) is 5.69 Å². The monoisotopic (exact) mass is 254 g/mol. The van der Waals surface area contributed by atoms with E-state index < -0.39 is 4.92 Å². The SMILES string of the molecule is Cc1ccc2nc(-c3ccc([N+](=O)[O-])cc3)nn2c1. The van der Waals surface area contributed by atoms with Crippen LogP contribution in [0, 0.1) is 17.0 Å². The first-order chi connectivity index (χ1) is 9.13. The maximum Gasteiger partial charge on any atom is 0.269 e. The van der Waals surface area contributed by atoms with Crippen LogP contribution >= 0.6 is 0 Å². The van der Waals surface area contributed by atoms with E-state index in [0.717, 1.165) is 16.8 Å². The summed E-state index contributed by atoms with van der Waals surface area (Å²) in [4.78, 5) is 14.6. The Bertz CT molecular complexity index is 762. The van der Waals surface area contributed by atoms with E-state index in [9.17, 15) is 10.1 Å². The largest absolute Gasteiger partial charge is 0.269 e. The van der Waals surface area contributed by atoms with Crippen molar-refractivity contribution < 1.29 is 4.92 Å². The van der Waals surface area contributed by atoms with Crippen LogP contribution in [0.2, 0.25) is 0 Å². The molecule has 0 saturated heterocycles. The molecule has 6 nitrogen and oxygen atoms in total. The van der Waals surface area contributed by atoms with Gasteiger partial charge in [0.15, 0.2) is 11.5 Å². The molecule has 0 saturated carbocycles. The maximum absolute atomic E-state index is 10.6. The van der Waals surface area contributed by atoms with Gasteiger partial charge in [-0.3, -0.25) is 10.1 Å². The number of hydrogen-bond donors (Lipinski definition) is 0. The Morgan fingerprint density at radius 2 is 1.89 bits per heavy atom. The number of pyridine rings is 1. The molecule has 19 heavy (non-hydrogen) atoms. The van der Waals surface area contributed by atoms with Crippen molar-refractivity contribution in [3.63, 3.8) is 0 Å². The van der Waals surface area contributed by atoms with Crippen LogP contribution in [-0.2, 0) is 0 Å². The Labute approximate surface area is 108 Å². The third-order valence-corrected chi connectivity index (χ3v) is 2.82. The smallest absolute Gasteiger partial charge is 0.258 e. The standard InChI is InChI=1S/C13H10N4O2/c1-9-2-7-12-14-13(15-16(12)8-9)10-3-5-11(6-4-10)17(18)19/h2-8H,1H3. The number of benzene rings is 1. The number of aromatic nitrogens is 3. The zero-order chi connectivity index (χ0) is 13.4. The summed E-state index contributed by atoms with van der Waals surface area (Å²) in [5, 5.41) is 15.0. The van der Waals surface area contributed by atoms with Crippen LogP contribution in [0.25, 0.3) is 17.0 Å². The van der Waals surface area contributed by atoms with Crippen molar-refractivity contribution in [3.05, 3.63) is 58.3 Å². The fraction of sp³-hybridized carbons (Fsp3) is 0.0769. The molecule has 0 unspecified atom stereocenters. The molecule has 0 spiro atoms. The van der Waals surface area contributed by atoms with Gasteiger partial charge in [0.25, 0.3) is 5.69 Å². The van der Waals surface area contributed by atoms with Crippen molar-refractivity contribution in [2.24, 2.45) is 0 Å². The number of fused-ring (bicyclic) bond motifs is 1. The second kappa shape index (κ2) is 4.16. The van der Waals surface area contributed by atoms with Gasteiger partial charge < -0.3 is 0 Å². The minimum absolute atomic E-state index is 0.0587. The molecule has 1 aromatic carbocycles. The molecule has 2 aromatic heterocycles. The lowest BCUT2D eigenvalue weighted by Crippen LogP contribution is -1.89. The highest BCUT2D eigenvalue weighted by Crippen LogP contribution is 2.20. The number of nitro benzene ring substituents is 1. The van der Waals surface area contributed by atoms with E-state index >= 15 is 0 Å². The van der Waals surface area contributed by atoms with Gasteiger partial charge in [0.05, 0.1) is 4.92 Å². The van der Waals surface area contributed by atoms with Crippen molar-refractivity contribution in [2.45, 2.75) is 6.92 Å². The summed E-state index contributed by atoms with van der Waals surface area (Å²) in [6.07, 6.45) is 1.89. The van der Waals surface area contributed by atoms with Gasteiger partial charge in [-0.15, -0.1) is 5.10 Å². The zero-order valence-corrected chi connectivity index (χ0v) is 10.1. The van der Waals surface area contributed by atoms with E-state index in [1.165, 1.54) is 12.1 Å². The fourth-order valence-corrected chi connectivity index (χ4v) is 1.84. The predicted molar refractivity (Wildman–Crippen MR) is 69.8 cm³/mol. The third-order valence-electron chi connectivity index (χ3n) is 2.82. The molecule has 0 radical (unpaired) electrons. The van der Waals surface area contributed by atoms with Crippen LogP contribution in [0.1, 0.15) is 5.56 Å². The van der Waals surface area contributed by atoms with Gasteiger partial charge in [-0.05, 0) is 30.7 Å². The molecule has 0 atom stereocenters. The average molecular weight is 254 g/mol. The van der Waals surface area contributed by atoms with E-state index in [0.29, 0.717) is 5.82 Å². The molecule has 3 rings (SSSR count). The molecule has 0 bridgehead atoms. The fourth-order valence-electron chi connectivity index (χ4n) is 1.84. The molecule has 2 heterocycles. The highest BCUT2D eigenvalue weighted by molar-refractivity contribution is 5.59. The van der Waals surface area contributed by atoms with Gasteiger partial charge in [-0.2, -0.15) is 0 Å². The average Bonchev–Trinajstić information content (AvgIpc) is 2.81. The second-order valence-electron chi connectivity index (χ2n) is 4.25. The lowest BCUT2D eigenvalue weighted by Gasteiger charge is -1.94. The molecule has 0 aliphatic heterocycles. The van der Waals surface area contributed by atoms with Crippen molar-refractivity contribution in [2.75, 3.05) is 0 Å². The predicted octanol–water partition coefficient (Wildman–Crippen LogP) is 2.61. The lowest BCUT2D eigenvalue weighted by molar-refractivity contribution is -0.384. The van der Waals surface area contributed by atoms with Crippen LogP contribution in [0.5, 0.6) is 0 Å². The highest BCUT2D eigenvalue weighted by Gasteiger charge is 2.09. The molecule has 94 valence electrons. The molecular weight excluding hydrogens is 244 g/mol. The molecule has 0 fully saturated rings. The molecular formula is C13H10N4O2. The summed E-state index contributed by atoms with van der Waals surface area (Å²) >= 11 is 0. The topological polar surface area (TPSA) is 73.3 Å². The number of nitro groups is 1. The van der Waals surface area contributed by atoms with E-state index in [1.54, 1.807) is 16.6 Å². The van der Waals surface area contributed by atoms with Crippen LogP contribution in [0.15, 0.2) is 42.6 Å². The molecule has 6 heteroatoms. The van der Waals surface area contributed by atoms with Crippen molar-refractivity contribution >= 4 is 11.3 Å². The minimum atomic E-state index is -0.426. The summed E-state index contributed by atoms with van der Waals surface area (Å²) in [5.41, 5.74) is 2.65. The first-order valence-corrected chi connectivity index (χ1v) is 5.71. The zero-order valence-electron chi connectivity index (χ0n) is 10.1. The Kier molecular flexibility index (Phi) is 2.49. The molecule has 0 N–H and O–H groups in total. The van der Waals surface area contributed by atoms with E-state index in [2.05, 4.69) is 10.1 Å². The summed E-state index contributed by atoms with van der Waals surface area (Å²) in [7, 11) is 0. The normalized spacial score (nSPS) is 10.8. The minimum Gasteiger partial charge on any atom is -0.258 e. The van der Waals surface area contributed by atoms with Crippen LogP contribution in [0.3, 0.4) is 0 Å². The van der Waals surface area contributed by atoms with Gasteiger partial charge in [0.1, 0.15) is 0 Å². The van der Waals surface area contributed by atoms with Gasteiger partial charge >= 0.3 is 0 Å². The second-order valence-corrected chi connectivity index (χ2v) is 4.25. The number of non-ortho nitro benzene ring substituents is 1. The Balaban J connectivity index is 2.06. The first-order valence-electron chi connectivity index (χ1n) is 5.71. The number of aryl methyl sites for hydroxylation is 1. The van der Waals surface area contributed by atoms with Gasteiger partial charge in [-0.1, -0.05) is 6.07 Å². The summed E-state index contributed by atoms with van der Waals surface area (Å²) < 4.78 is 1.70. The van der Waals surface area contributed by atoms with E-state index in [4.69, 9.17) is 0 Å². The van der Waals surface area contributed by atoms with Crippen molar-refractivity contribution in [1.82, 2.24) is 14.6 Å². The third kappa shape index (κ3) is 2.03. The van der Waals surface area contributed by atoms with Gasteiger partial charge in [-0.25, -0.2) is 9.50 Å². The molecule has 0 aliphatic carbocycles. The van der Waals surface area contributed by atoms with Crippen molar-refractivity contribution in [1.29, 1.82) is 0 Å². The van der Waals surface area contributed by atoms with E-state index in [1.807, 2.05) is 25.3 Å². The van der Waals surface area contributed by atoms with Crippen molar-refractivity contribution in [3.8, 4) is 11.4 Å². The number of hydrogen-bond acceptors (Lipinski definition) is 4. The maximum atomic E-state index is 10.6. The number of nitrogens with zero attached hydrogens (tertiary/aromatic N) is 4. The summed E-state index contributed by atoms with van der Waals surface area (Å²) in [6.45, 7) is 1.98. The number of rotatable bonds is 2. The highest BCUT2D eigenvalue weighted by atomic mass is 16.6. The van der Waals surface area contributed by atoms with Gasteiger partial charge in [0, 0.05) is 23.9 Å². The Hall–Kier alpha value is -2.76. The molecule has 0 amide bonds. The summed E-state index contributed by atoms with van der Waals surface area (Å²) in [5.74, 6) is 0.556. The quantitative estimate of drug-likeness (QED) is 0.520. The Morgan fingerprint density at radius 1 is 1.16 bits per heavy atom. The van der Waals surface area contributed by atoms with Crippen LogP contribution in [-0.4, -0.2) is 19.5 Å². The molecule has 0 aliphatic rings. The lowest BCUT2D eigenvalue weighted by atomic mass is 10.2. The van der Waals surface area contributed by atoms with E-state index in [-0.39, 0.29) is 5.69 Å². The summed E-state index contributed by atoms with van der Waals surface area (Å²) in [6, 6.07) is 10.1. The molecule has 3 aromatic rings. The van der Waals surface area contributed by atoms with Gasteiger partial charge in [0.2, 0.25) is 0 Å². The first kappa shape index (κ1) is 11.3.